The molecule has 7 rings (SSSR count). The van der Waals surface area contributed by atoms with Gasteiger partial charge in [0.25, 0.3) is 0 Å². The Kier molecular flexibility index (Phi) is 11.7. The fourth-order valence-corrected chi connectivity index (χ4v) is 11.6. The summed E-state index contributed by atoms with van der Waals surface area (Å²) in [5, 5.41) is 4.38. The lowest BCUT2D eigenvalue weighted by atomic mass is 9.70. The molecule has 1 aliphatic carbocycles. The minimum atomic E-state index is 0.0634. The first-order valence-electron chi connectivity index (χ1n) is 18.8. The summed E-state index contributed by atoms with van der Waals surface area (Å²) in [6.45, 7) is 4.65. The Morgan fingerprint density at radius 1 is 0.429 bits per heavy atom. The zero-order valence-electron chi connectivity index (χ0n) is 29.3. The largest absolute Gasteiger partial charge is 0.143 e. The predicted molar refractivity (Wildman–Crippen MR) is 222 cm³/mol. The van der Waals surface area contributed by atoms with Crippen LogP contribution in [-0.2, 0) is 5.41 Å². The first kappa shape index (κ1) is 34.7. The van der Waals surface area contributed by atoms with Gasteiger partial charge in [-0.15, -0.1) is 45.3 Å². The van der Waals surface area contributed by atoms with Gasteiger partial charge in [0.2, 0.25) is 0 Å². The monoisotopic (exact) mass is 718 g/mol. The van der Waals surface area contributed by atoms with Gasteiger partial charge in [-0.2, -0.15) is 0 Å². The Morgan fingerprint density at radius 2 is 0.857 bits per heavy atom. The van der Waals surface area contributed by atoms with Gasteiger partial charge in [-0.3, -0.25) is 0 Å². The van der Waals surface area contributed by atoms with E-state index < -0.39 is 0 Å². The third-order valence-corrected chi connectivity index (χ3v) is 15.0. The Morgan fingerprint density at radius 3 is 1.29 bits per heavy atom. The quantitative estimate of drug-likeness (QED) is 0.0776. The Balaban J connectivity index is 1.28. The standard InChI is InChI=1S/C45H50S4/c1-3-5-7-9-11-13-27-45(28-14-12-10-8-6-4-2)37-31-33(39-23-25-43(48-39)41-17-15-29-46-41)19-21-35(37)36-22-20-34(32-38(36)45)40-24-26-44(49-40)42-18-16-30-47-42/h15-26,29-32H,3-14,27-28H2,1-2H3. The number of thiophene rings is 4. The second-order valence-electron chi connectivity index (χ2n) is 13.9. The molecule has 2 aromatic carbocycles. The molecule has 0 fully saturated rings. The number of hydrogen-bond acceptors (Lipinski definition) is 4. The molecule has 0 saturated carbocycles. The fraction of sp³-hybridized carbons (Fsp3) is 0.378. The van der Waals surface area contributed by atoms with E-state index in [4.69, 9.17) is 0 Å². The Hall–Kier alpha value is -2.76. The Bertz CT molecular complexity index is 1760. The first-order chi connectivity index (χ1) is 24.2. The van der Waals surface area contributed by atoms with Crippen molar-refractivity contribution < 1.29 is 0 Å². The van der Waals surface area contributed by atoms with Crippen LogP contribution in [0, 0.1) is 0 Å². The van der Waals surface area contributed by atoms with E-state index in [0.717, 1.165) is 0 Å². The number of benzene rings is 2. The van der Waals surface area contributed by atoms with E-state index in [1.807, 2.05) is 45.3 Å². The van der Waals surface area contributed by atoms with Crippen molar-refractivity contribution in [1.82, 2.24) is 0 Å². The molecule has 1 aliphatic rings. The SMILES string of the molecule is CCCCCCCCC1(CCCCCCCC)c2cc(-c3ccc(-c4cccs4)s3)ccc2-c2ccc(-c3ccc(-c4cccs4)s3)cc21. The van der Waals surface area contributed by atoms with Gasteiger partial charge < -0.3 is 0 Å². The highest BCUT2D eigenvalue weighted by molar-refractivity contribution is 7.23. The van der Waals surface area contributed by atoms with Crippen molar-refractivity contribution in [3.8, 4) is 51.5 Å². The zero-order valence-corrected chi connectivity index (χ0v) is 32.5. The topological polar surface area (TPSA) is 0 Å². The summed E-state index contributed by atoms with van der Waals surface area (Å²) in [5.74, 6) is 0. The lowest BCUT2D eigenvalue weighted by Crippen LogP contribution is -2.25. The molecular formula is C45H50S4. The Labute approximate surface area is 310 Å². The molecule has 6 aromatic rings. The van der Waals surface area contributed by atoms with Gasteiger partial charge in [0.05, 0.1) is 0 Å². The minimum Gasteiger partial charge on any atom is -0.143 e. The molecule has 0 atom stereocenters. The molecule has 0 saturated heterocycles. The summed E-state index contributed by atoms with van der Waals surface area (Å²) < 4.78 is 0. The van der Waals surface area contributed by atoms with Crippen LogP contribution in [0.2, 0.25) is 0 Å². The number of fused-ring (bicyclic) bond motifs is 3. The van der Waals surface area contributed by atoms with Gasteiger partial charge in [0.15, 0.2) is 0 Å². The molecule has 0 radical (unpaired) electrons. The molecule has 0 N–H and O–H groups in total. The predicted octanol–water partition coefficient (Wildman–Crippen LogP) is 16.4. The minimum absolute atomic E-state index is 0.0634. The van der Waals surface area contributed by atoms with Crippen LogP contribution in [0.15, 0.2) is 95.7 Å². The lowest BCUT2D eigenvalue weighted by molar-refractivity contribution is 0.398. The molecular weight excluding hydrogens is 669 g/mol. The summed E-state index contributed by atoms with van der Waals surface area (Å²) in [7, 11) is 0. The smallest absolute Gasteiger partial charge is 0.0449 e. The van der Waals surface area contributed by atoms with Crippen LogP contribution in [0.25, 0.3) is 51.5 Å². The van der Waals surface area contributed by atoms with Crippen LogP contribution in [0.3, 0.4) is 0 Å². The summed E-state index contributed by atoms with van der Waals surface area (Å²) in [6, 6.07) is 33.2. The second-order valence-corrected chi connectivity index (χ2v) is 18.0. The number of unbranched alkanes of at least 4 members (excludes halogenated alkanes) is 10. The molecule has 4 heterocycles. The maximum Gasteiger partial charge on any atom is 0.0449 e. The van der Waals surface area contributed by atoms with Gasteiger partial charge in [0.1, 0.15) is 0 Å². The third kappa shape index (κ3) is 7.64. The summed E-state index contributed by atoms with van der Waals surface area (Å²) >= 11 is 7.57. The van der Waals surface area contributed by atoms with Gasteiger partial charge in [-0.25, -0.2) is 0 Å². The zero-order chi connectivity index (χ0) is 33.5. The van der Waals surface area contributed by atoms with E-state index in [1.165, 1.54) is 141 Å². The number of rotatable bonds is 18. The van der Waals surface area contributed by atoms with Gasteiger partial charge in [-0.05, 0) is 106 Å². The van der Waals surface area contributed by atoms with Crippen molar-refractivity contribution in [3.63, 3.8) is 0 Å². The average molecular weight is 719 g/mol. The lowest BCUT2D eigenvalue weighted by Gasteiger charge is -2.33. The average Bonchev–Trinajstić information content (AvgIpc) is 3.98. The summed E-state index contributed by atoms with van der Waals surface area (Å²) in [6.07, 6.45) is 18.6. The van der Waals surface area contributed by atoms with E-state index in [9.17, 15) is 0 Å². The van der Waals surface area contributed by atoms with Crippen molar-refractivity contribution in [1.29, 1.82) is 0 Å². The van der Waals surface area contributed by atoms with Crippen molar-refractivity contribution in [2.75, 3.05) is 0 Å². The van der Waals surface area contributed by atoms with E-state index in [1.54, 1.807) is 11.1 Å². The van der Waals surface area contributed by atoms with Gasteiger partial charge in [-0.1, -0.05) is 127 Å². The molecule has 4 heteroatoms. The van der Waals surface area contributed by atoms with Crippen LogP contribution < -0.4 is 0 Å². The van der Waals surface area contributed by atoms with Crippen molar-refractivity contribution in [2.24, 2.45) is 0 Å². The highest BCUT2D eigenvalue weighted by atomic mass is 32.1. The molecule has 0 nitrogen and oxygen atoms in total. The molecule has 0 aliphatic heterocycles. The summed E-state index contributed by atoms with van der Waals surface area (Å²) in [5.41, 5.74) is 8.97. The highest BCUT2D eigenvalue weighted by Crippen LogP contribution is 2.56. The molecule has 254 valence electrons. The van der Waals surface area contributed by atoms with Crippen LogP contribution in [0.1, 0.15) is 115 Å². The molecule has 0 bridgehead atoms. The van der Waals surface area contributed by atoms with Crippen LogP contribution >= 0.6 is 45.3 Å². The van der Waals surface area contributed by atoms with E-state index in [0.29, 0.717) is 0 Å². The second kappa shape index (κ2) is 16.5. The van der Waals surface area contributed by atoms with Gasteiger partial charge in [0, 0.05) is 34.7 Å². The van der Waals surface area contributed by atoms with Gasteiger partial charge >= 0.3 is 0 Å². The normalized spacial score (nSPS) is 13.2. The molecule has 49 heavy (non-hydrogen) atoms. The van der Waals surface area contributed by atoms with Crippen LogP contribution in [-0.4, -0.2) is 0 Å². The maximum absolute atomic E-state index is 2.62. The first-order valence-corrected chi connectivity index (χ1v) is 22.2. The maximum atomic E-state index is 2.62. The fourth-order valence-electron chi connectivity index (χ4n) is 7.97. The van der Waals surface area contributed by atoms with E-state index >= 15 is 0 Å². The van der Waals surface area contributed by atoms with Crippen LogP contribution in [0.4, 0.5) is 0 Å². The molecule has 0 amide bonds. The van der Waals surface area contributed by atoms with Crippen molar-refractivity contribution in [2.45, 2.75) is 109 Å². The molecule has 0 spiro atoms. The number of hydrogen-bond donors (Lipinski definition) is 0. The van der Waals surface area contributed by atoms with E-state index in [-0.39, 0.29) is 5.41 Å². The van der Waals surface area contributed by atoms with Crippen molar-refractivity contribution in [3.05, 3.63) is 107 Å². The van der Waals surface area contributed by atoms with Crippen molar-refractivity contribution >= 4 is 45.3 Å². The van der Waals surface area contributed by atoms with E-state index in [2.05, 4.69) is 110 Å². The molecule has 4 aromatic heterocycles. The third-order valence-electron chi connectivity index (χ3n) is 10.6. The van der Waals surface area contributed by atoms with Crippen LogP contribution in [0.5, 0.6) is 0 Å². The molecule has 0 unspecified atom stereocenters. The highest BCUT2D eigenvalue weighted by Gasteiger charge is 2.42. The summed E-state index contributed by atoms with van der Waals surface area (Å²) in [4.78, 5) is 8.26.